The topological polar surface area (TPSA) is 32.3 Å². The van der Waals surface area contributed by atoms with Crippen LogP contribution in [0.25, 0.3) is 0 Å². The molecular weight excluding hydrogens is 236 g/mol. The lowest BCUT2D eigenvalue weighted by Gasteiger charge is -2.23. The quantitative estimate of drug-likeness (QED) is 0.774. The highest BCUT2D eigenvalue weighted by atomic mass is 16.2. The molecule has 2 amide bonds. The fraction of sp³-hybridized carbons (Fsp3) is 0.562. The highest BCUT2D eigenvalue weighted by Crippen LogP contribution is 2.14. The first-order valence-corrected chi connectivity index (χ1v) is 7.30. The van der Waals surface area contributed by atoms with Crippen LogP contribution in [0.1, 0.15) is 45.1 Å². The van der Waals surface area contributed by atoms with Gasteiger partial charge in [0.1, 0.15) is 0 Å². The highest BCUT2D eigenvalue weighted by molar-refractivity contribution is 5.90. The van der Waals surface area contributed by atoms with Crippen molar-refractivity contribution in [3.63, 3.8) is 0 Å². The van der Waals surface area contributed by atoms with Crippen LogP contribution in [0.3, 0.4) is 0 Å². The summed E-state index contributed by atoms with van der Waals surface area (Å²) in [6.07, 6.45) is 4.34. The SMILES string of the molecule is CCCCN(CCCC)C(=O)Nc1ccccc1C. The molecule has 0 bridgehead atoms. The van der Waals surface area contributed by atoms with E-state index in [0.29, 0.717) is 0 Å². The van der Waals surface area contributed by atoms with Crippen LogP contribution in [0.2, 0.25) is 0 Å². The number of benzene rings is 1. The van der Waals surface area contributed by atoms with Gasteiger partial charge in [-0.1, -0.05) is 44.9 Å². The standard InChI is InChI=1S/C16H26N2O/c1-4-6-12-18(13-7-5-2)16(19)17-15-11-9-8-10-14(15)3/h8-11H,4-7,12-13H2,1-3H3,(H,17,19). The van der Waals surface area contributed by atoms with Crippen molar-refractivity contribution in [1.82, 2.24) is 4.90 Å². The number of nitrogens with one attached hydrogen (secondary N) is 1. The summed E-state index contributed by atoms with van der Waals surface area (Å²) in [6.45, 7) is 8.00. The molecule has 0 spiro atoms. The number of aryl methyl sites for hydroxylation is 1. The predicted octanol–water partition coefficient (Wildman–Crippen LogP) is 4.43. The van der Waals surface area contributed by atoms with E-state index in [-0.39, 0.29) is 6.03 Å². The molecule has 1 N–H and O–H groups in total. The summed E-state index contributed by atoms with van der Waals surface area (Å²) >= 11 is 0. The molecule has 0 saturated heterocycles. The molecule has 0 aliphatic heterocycles. The van der Waals surface area contributed by atoms with Crippen LogP contribution < -0.4 is 5.32 Å². The summed E-state index contributed by atoms with van der Waals surface area (Å²) in [6, 6.07) is 7.92. The normalized spacial score (nSPS) is 10.3. The van der Waals surface area contributed by atoms with Crippen molar-refractivity contribution < 1.29 is 4.79 Å². The molecule has 19 heavy (non-hydrogen) atoms. The van der Waals surface area contributed by atoms with E-state index in [1.165, 1.54) is 0 Å². The molecule has 0 aliphatic carbocycles. The first-order valence-electron chi connectivity index (χ1n) is 7.30. The molecule has 0 fully saturated rings. The summed E-state index contributed by atoms with van der Waals surface area (Å²) in [7, 11) is 0. The number of unbranched alkanes of at least 4 members (excludes halogenated alkanes) is 2. The largest absolute Gasteiger partial charge is 0.325 e. The Bertz CT molecular complexity index is 382. The second-order valence-electron chi connectivity index (χ2n) is 4.94. The number of para-hydroxylation sites is 1. The minimum Gasteiger partial charge on any atom is -0.325 e. The van der Waals surface area contributed by atoms with Crippen molar-refractivity contribution in [2.45, 2.75) is 46.5 Å². The zero-order valence-electron chi connectivity index (χ0n) is 12.4. The van der Waals surface area contributed by atoms with Gasteiger partial charge in [-0.2, -0.15) is 0 Å². The molecule has 1 aromatic rings. The molecule has 0 radical (unpaired) electrons. The highest BCUT2D eigenvalue weighted by Gasteiger charge is 2.13. The smallest absolute Gasteiger partial charge is 0.321 e. The van der Waals surface area contributed by atoms with E-state index in [1.54, 1.807) is 0 Å². The van der Waals surface area contributed by atoms with Gasteiger partial charge < -0.3 is 10.2 Å². The average molecular weight is 262 g/mol. The molecule has 0 aromatic heterocycles. The van der Waals surface area contributed by atoms with Crippen LogP contribution in [-0.4, -0.2) is 24.0 Å². The fourth-order valence-corrected chi connectivity index (χ4v) is 1.92. The Morgan fingerprint density at radius 2 is 1.68 bits per heavy atom. The molecule has 106 valence electrons. The van der Waals surface area contributed by atoms with E-state index in [1.807, 2.05) is 36.1 Å². The number of hydrogen-bond acceptors (Lipinski definition) is 1. The van der Waals surface area contributed by atoms with Gasteiger partial charge in [-0.05, 0) is 31.4 Å². The lowest BCUT2D eigenvalue weighted by Crippen LogP contribution is -2.36. The maximum atomic E-state index is 12.3. The summed E-state index contributed by atoms with van der Waals surface area (Å²) in [5.41, 5.74) is 2.01. The Morgan fingerprint density at radius 3 is 2.21 bits per heavy atom. The van der Waals surface area contributed by atoms with Gasteiger partial charge in [-0.15, -0.1) is 0 Å². The number of nitrogens with zero attached hydrogens (tertiary/aromatic N) is 1. The van der Waals surface area contributed by atoms with Crippen LogP contribution in [0, 0.1) is 6.92 Å². The maximum Gasteiger partial charge on any atom is 0.321 e. The third kappa shape index (κ3) is 5.33. The van der Waals surface area contributed by atoms with E-state index in [9.17, 15) is 4.79 Å². The molecule has 3 nitrogen and oxygen atoms in total. The van der Waals surface area contributed by atoms with E-state index >= 15 is 0 Å². The Labute approximate surface area is 117 Å². The van der Waals surface area contributed by atoms with Crippen molar-refractivity contribution in [3.8, 4) is 0 Å². The number of amides is 2. The monoisotopic (exact) mass is 262 g/mol. The van der Waals surface area contributed by atoms with Crippen molar-refractivity contribution in [2.24, 2.45) is 0 Å². The van der Waals surface area contributed by atoms with Crippen molar-refractivity contribution in [3.05, 3.63) is 29.8 Å². The third-order valence-electron chi connectivity index (χ3n) is 3.24. The number of anilines is 1. The number of rotatable bonds is 7. The lowest BCUT2D eigenvalue weighted by molar-refractivity contribution is 0.210. The number of hydrogen-bond donors (Lipinski definition) is 1. The van der Waals surface area contributed by atoms with Crippen LogP contribution in [0.4, 0.5) is 10.5 Å². The molecule has 3 heteroatoms. The molecule has 1 aromatic carbocycles. The fourth-order valence-electron chi connectivity index (χ4n) is 1.92. The Kier molecular flexibility index (Phi) is 7.01. The molecule has 0 aliphatic rings. The summed E-state index contributed by atoms with van der Waals surface area (Å²) in [5.74, 6) is 0. The van der Waals surface area contributed by atoms with Gasteiger partial charge in [0.2, 0.25) is 0 Å². The molecule has 0 unspecified atom stereocenters. The van der Waals surface area contributed by atoms with Crippen molar-refractivity contribution in [2.75, 3.05) is 18.4 Å². The second-order valence-corrected chi connectivity index (χ2v) is 4.94. The summed E-state index contributed by atoms with van der Waals surface area (Å²) in [4.78, 5) is 14.2. The molecule has 0 atom stereocenters. The van der Waals surface area contributed by atoms with Crippen LogP contribution >= 0.6 is 0 Å². The molecular formula is C16H26N2O. The Hall–Kier alpha value is -1.51. The lowest BCUT2D eigenvalue weighted by atomic mass is 10.2. The van der Waals surface area contributed by atoms with E-state index in [2.05, 4.69) is 19.2 Å². The number of urea groups is 1. The predicted molar refractivity (Wildman–Crippen MR) is 81.6 cm³/mol. The zero-order valence-corrected chi connectivity index (χ0v) is 12.4. The van der Waals surface area contributed by atoms with Crippen molar-refractivity contribution >= 4 is 11.7 Å². The van der Waals surface area contributed by atoms with Gasteiger partial charge in [0.25, 0.3) is 0 Å². The first-order chi connectivity index (χ1) is 9.19. The van der Waals surface area contributed by atoms with Gasteiger partial charge >= 0.3 is 6.03 Å². The van der Waals surface area contributed by atoms with Gasteiger partial charge in [0, 0.05) is 18.8 Å². The minimum absolute atomic E-state index is 0.0243. The van der Waals surface area contributed by atoms with Gasteiger partial charge in [-0.25, -0.2) is 4.79 Å². The average Bonchev–Trinajstić information content (AvgIpc) is 2.41. The maximum absolute atomic E-state index is 12.3. The number of carbonyl (C=O) groups excluding carboxylic acids is 1. The van der Waals surface area contributed by atoms with Crippen molar-refractivity contribution in [1.29, 1.82) is 0 Å². The molecule has 0 saturated carbocycles. The van der Waals surface area contributed by atoms with Gasteiger partial charge in [-0.3, -0.25) is 0 Å². The van der Waals surface area contributed by atoms with Gasteiger partial charge in [0.05, 0.1) is 0 Å². The second kappa shape index (κ2) is 8.57. The van der Waals surface area contributed by atoms with Crippen LogP contribution in [-0.2, 0) is 0 Å². The first kappa shape index (κ1) is 15.5. The Morgan fingerprint density at radius 1 is 1.11 bits per heavy atom. The minimum atomic E-state index is 0.0243. The van der Waals surface area contributed by atoms with Gasteiger partial charge in [0.15, 0.2) is 0 Å². The van der Waals surface area contributed by atoms with Crippen LogP contribution in [0.15, 0.2) is 24.3 Å². The summed E-state index contributed by atoms with van der Waals surface area (Å²) in [5, 5.41) is 3.02. The molecule has 0 heterocycles. The van der Waals surface area contributed by atoms with E-state index in [0.717, 1.165) is 50.0 Å². The molecule has 1 rings (SSSR count). The third-order valence-corrected chi connectivity index (χ3v) is 3.24. The van der Waals surface area contributed by atoms with E-state index in [4.69, 9.17) is 0 Å². The summed E-state index contributed by atoms with van der Waals surface area (Å²) < 4.78 is 0. The zero-order chi connectivity index (χ0) is 14.1. The van der Waals surface area contributed by atoms with E-state index < -0.39 is 0 Å². The van der Waals surface area contributed by atoms with Crippen LogP contribution in [0.5, 0.6) is 0 Å². The Balaban J connectivity index is 2.62. The number of carbonyl (C=O) groups is 1.